The number of thiocarbonyl (C=S) groups is 1. The van der Waals surface area contributed by atoms with E-state index in [0.717, 1.165) is 12.5 Å². The van der Waals surface area contributed by atoms with Gasteiger partial charge in [0.05, 0.1) is 0 Å². The second-order valence-electron chi connectivity index (χ2n) is 7.04. The van der Waals surface area contributed by atoms with Gasteiger partial charge in [0, 0.05) is 25.2 Å². The molecule has 0 aliphatic carbocycles. The molecule has 1 fully saturated rings. The summed E-state index contributed by atoms with van der Waals surface area (Å²) in [6, 6.07) is 1.06. The molecule has 0 amide bonds. The topological polar surface area (TPSA) is 53.1 Å². The summed E-state index contributed by atoms with van der Waals surface area (Å²) in [5.74, 6) is 0.922. The molecule has 0 spiro atoms. The predicted molar refractivity (Wildman–Crippen MR) is 96.7 cm³/mol. The van der Waals surface area contributed by atoms with E-state index in [4.69, 9.17) is 12.2 Å². The second-order valence-corrected chi connectivity index (χ2v) is 7.45. The molecule has 0 radical (unpaired) electrons. The summed E-state index contributed by atoms with van der Waals surface area (Å²) in [5, 5.41) is 5.76. The van der Waals surface area contributed by atoms with Crippen molar-refractivity contribution in [3.05, 3.63) is 11.8 Å². The first-order valence-corrected chi connectivity index (χ1v) is 8.74. The highest BCUT2D eigenvalue weighted by atomic mass is 32.1. The van der Waals surface area contributed by atoms with Crippen LogP contribution in [0.2, 0.25) is 0 Å². The number of halogens is 3. The van der Waals surface area contributed by atoms with Gasteiger partial charge >= 0.3 is 6.18 Å². The van der Waals surface area contributed by atoms with Gasteiger partial charge in [-0.15, -0.1) is 0 Å². The Morgan fingerprint density at radius 1 is 1.24 bits per heavy atom. The third kappa shape index (κ3) is 5.69. The molecule has 1 aromatic rings. The molecule has 2 atom stereocenters. The number of aromatic nitrogens is 2. The summed E-state index contributed by atoms with van der Waals surface area (Å²) in [5.41, 5.74) is -0.974. The monoisotopic (exact) mass is 375 g/mol. The SMILES string of the molecule is CC1CC(C)CN(c2cc(C(F)(F)F)nc(NC(=S)NC(C)C)n2)C1. The highest BCUT2D eigenvalue weighted by molar-refractivity contribution is 7.80. The van der Waals surface area contributed by atoms with Crippen molar-refractivity contribution >= 4 is 29.1 Å². The van der Waals surface area contributed by atoms with Crippen LogP contribution in [0.15, 0.2) is 6.07 Å². The van der Waals surface area contributed by atoms with E-state index < -0.39 is 11.9 Å². The Balaban J connectivity index is 2.32. The normalized spacial score (nSPS) is 21.4. The third-order valence-corrected chi connectivity index (χ3v) is 4.06. The molecule has 0 aromatic carbocycles. The van der Waals surface area contributed by atoms with Gasteiger partial charge < -0.3 is 15.5 Å². The van der Waals surface area contributed by atoms with E-state index in [1.807, 2.05) is 18.7 Å². The van der Waals surface area contributed by atoms with Crippen LogP contribution in [0.4, 0.5) is 24.9 Å². The fraction of sp³-hybridized carbons (Fsp3) is 0.688. The number of nitrogens with zero attached hydrogens (tertiary/aromatic N) is 3. The van der Waals surface area contributed by atoms with E-state index in [1.165, 1.54) is 0 Å². The summed E-state index contributed by atoms with van der Waals surface area (Å²) < 4.78 is 39.7. The van der Waals surface area contributed by atoms with Crippen LogP contribution in [-0.4, -0.2) is 34.2 Å². The van der Waals surface area contributed by atoms with Crippen LogP contribution in [0, 0.1) is 11.8 Å². The van der Waals surface area contributed by atoms with E-state index in [-0.39, 0.29) is 22.9 Å². The number of hydrogen-bond acceptors (Lipinski definition) is 4. The van der Waals surface area contributed by atoms with E-state index in [0.29, 0.717) is 24.9 Å². The number of alkyl halides is 3. The lowest BCUT2D eigenvalue weighted by atomic mass is 9.92. The lowest BCUT2D eigenvalue weighted by Gasteiger charge is -2.36. The van der Waals surface area contributed by atoms with Crippen molar-refractivity contribution in [1.82, 2.24) is 15.3 Å². The molecule has 2 heterocycles. The lowest BCUT2D eigenvalue weighted by molar-refractivity contribution is -0.141. The molecule has 5 nitrogen and oxygen atoms in total. The van der Waals surface area contributed by atoms with Crippen molar-refractivity contribution in [2.45, 2.75) is 46.3 Å². The van der Waals surface area contributed by atoms with E-state index >= 15 is 0 Å². The fourth-order valence-electron chi connectivity index (χ4n) is 3.05. The fourth-order valence-corrected chi connectivity index (χ4v) is 3.37. The van der Waals surface area contributed by atoms with Gasteiger partial charge in [-0.25, -0.2) is 4.98 Å². The van der Waals surface area contributed by atoms with E-state index in [9.17, 15) is 13.2 Å². The summed E-state index contributed by atoms with van der Waals surface area (Å²) in [6.45, 7) is 9.29. The molecule has 2 N–H and O–H groups in total. The molecular weight excluding hydrogens is 351 g/mol. The zero-order chi connectivity index (χ0) is 18.8. The zero-order valence-corrected chi connectivity index (χ0v) is 15.6. The summed E-state index contributed by atoms with van der Waals surface area (Å²) in [7, 11) is 0. The molecule has 0 saturated carbocycles. The van der Waals surface area contributed by atoms with Crippen LogP contribution in [0.3, 0.4) is 0 Å². The summed E-state index contributed by atoms with van der Waals surface area (Å²) in [6.07, 6.45) is -3.49. The van der Waals surface area contributed by atoms with Gasteiger partial charge in [0.1, 0.15) is 5.82 Å². The number of anilines is 2. The van der Waals surface area contributed by atoms with Gasteiger partial charge in [-0.2, -0.15) is 18.2 Å². The maximum Gasteiger partial charge on any atom is 0.433 e. The molecular formula is C16H24F3N5S. The Morgan fingerprint density at radius 2 is 1.84 bits per heavy atom. The van der Waals surface area contributed by atoms with Gasteiger partial charge in [0.25, 0.3) is 0 Å². The Hall–Kier alpha value is -1.64. The molecule has 1 saturated heterocycles. The van der Waals surface area contributed by atoms with Gasteiger partial charge in [0.2, 0.25) is 5.95 Å². The Bertz CT molecular complexity index is 610. The third-order valence-electron chi connectivity index (χ3n) is 3.84. The number of rotatable bonds is 3. The number of nitrogens with one attached hydrogen (secondary N) is 2. The average molecular weight is 375 g/mol. The van der Waals surface area contributed by atoms with Gasteiger partial charge in [0.15, 0.2) is 10.8 Å². The first-order chi connectivity index (χ1) is 11.5. The number of piperidine rings is 1. The van der Waals surface area contributed by atoms with Crippen LogP contribution < -0.4 is 15.5 Å². The van der Waals surface area contributed by atoms with E-state index in [2.05, 4.69) is 34.4 Å². The van der Waals surface area contributed by atoms with Crippen LogP contribution in [0.25, 0.3) is 0 Å². The molecule has 25 heavy (non-hydrogen) atoms. The molecule has 9 heteroatoms. The maximum atomic E-state index is 13.2. The number of hydrogen-bond donors (Lipinski definition) is 2. The summed E-state index contributed by atoms with van der Waals surface area (Å²) >= 11 is 5.09. The smallest absolute Gasteiger partial charge is 0.360 e. The zero-order valence-electron chi connectivity index (χ0n) is 14.8. The second kappa shape index (κ2) is 7.72. The predicted octanol–water partition coefficient (Wildman–Crippen LogP) is 3.67. The minimum atomic E-state index is -4.55. The standard InChI is InChI=1S/C16H24F3N5S/c1-9(2)20-15(25)23-14-21-12(16(17,18)19)6-13(22-14)24-7-10(3)5-11(4)8-24/h6,9-11H,5,7-8H2,1-4H3,(H2,20,21,22,23,25). The average Bonchev–Trinajstić information content (AvgIpc) is 2.43. The lowest BCUT2D eigenvalue weighted by Crippen LogP contribution is -2.40. The van der Waals surface area contributed by atoms with Crippen molar-refractivity contribution < 1.29 is 13.2 Å². The van der Waals surface area contributed by atoms with Gasteiger partial charge in [-0.05, 0) is 44.3 Å². The highest BCUT2D eigenvalue weighted by Crippen LogP contribution is 2.32. The highest BCUT2D eigenvalue weighted by Gasteiger charge is 2.35. The van der Waals surface area contributed by atoms with Crippen LogP contribution in [0.1, 0.15) is 39.8 Å². The van der Waals surface area contributed by atoms with Crippen LogP contribution in [0.5, 0.6) is 0 Å². The minimum absolute atomic E-state index is 0.0501. The van der Waals surface area contributed by atoms with E-state index in [1.54, 1.807) is 0 Å². The first kappa shape index (κ1) is 19.7. The quantitative estimate of drug-likeness (QED) is 0.786. The van der Waals surface area contributed by atoms with Crippen molar-refractivity contribution in [3.63, 3.8) is 0 Å². The molecule has 1 aliphatic rings. The van der Waals surface area contributed by atoms with Gasteiger partial charge in [-0.1, -0.05) is 13.8 Å². The molecule has 140 valence electrons. The molecule has 2 unspecified atom stereocenters. The van der Waals surface area contributed by atoms with Gasteiger partial charge in [-0.3, -0.25) is 0 Å². The molecule has 1 aromatic heterocycles. The molecule has 0 bridgehead atoms. The van der Waals surface area contributed by atoms with Crippen molar-refractivity contribution in [2.75, 3.05) is 23.3 Å². The first-order valence-electron chi connectivity index (χ1n) is 8.33. The van der Waals surface area contributed by atoms with Crippen LogP contribution in [-0.2, 0) is 6.18 Å². The molecule has 1 aliphatic heterocycles. The molecule has 2 rings (SSSR count). The Labute approximate surface area is 151 Å². The minimum Gasteiger partial charge on any atom is -0.360 e. The van der Waals surface area contributed by atoms with Crippen molar-refractivity contribution in [3.8, 4) is 0 Å². The van der Waals surface area contributed by atoms with Crippen molar-refractivity contribution in [2.24, 2.45) is 11.8 Å². The van der Waals surface area contributed by atoms with Crippen LogP contribution >= 0.6 is 12.2 Å². The van der Waals surface area contributed by atoms with Crippen molar-refractivity contribution in [1.29, 1.82) is 0 Å². The Morgan fingerprint density at radius 3 is 2.36 bits per heavy atom. The maximum absolute atomic E-state index is 13.2. The largest absolute Gasteiger partial charge is 0.433 e. The Kier molecular flexibility index (Phi) is 6.08. The summed E-state index contributed by atoms with van der Waals surface area (Å²) in [4.78, 5) is 9.74.